The molecule has 1 fully saturated rings. The maximum Gasteiger partial charge on any atom is 0.416 e. The number of nitro benzene ring substituents is 1. The summed E-state index contributed by atoms with van der Waals surface area (Å²) in [5, 5.41) is 11.5. The van der Waals surface area contributed by atoms with Gasteiger partial charge in [0, 0.05) is 48.2 Å². The SMILES string of the molecule is CCOC(=O)C1C2c3ccc([N+](=O)[O-])cc3C(=O)C2C(c2ccc(C(F)(F)F)cc2)C12C(=O)N(C)c1ccccc12. The zero-order chi connectivity index (χ0) is 29.4. The molecule has 6 rings (SSSR count). The van der Waals surface area contributed by atoms with Crippen molar-refractivity contribution in [2.75, 3.05) is 18.6 Å². The molecule has 3 aromatic carbocycles. The van der Waals surface area contributed by atoms with Crippen LogP contribution < -0.4 is 4.90 Å². The molecule has 0 aromatic heterocycles. The summed E-state index contributed by atoms with van der Waals surface area (Å²) in [6.45, 7) is 1.60. The molecule has 0 N–H and O–H groups in total. The van der Waals surface area contributed by atoms with Gasteiger partial charge >= 0.3 is 12.1 Å². The summed E-state index contributed by atoms with van der Waals surface area (Å²) in [7, 11) is 1.55. The predicted molar refractivity (Wildman–Crippen MR) is 139 cm³/mol. The number of ketones is 1. The van der Waals surface area contributed by atoms with Crippen molar-refractivity contribution in [1.29, 1.82) is 0 Å². The van der Waals surface area contributed by atoms with Crippen LogP contribution in [-0.4, -0.2) is 36.2 Å². The second-order valence-corrected chi connectivity index (χ2v) is 10.5. The lowest BCUT2D eigenvalue weighted by atomic mass is 9.63. The quantitative estimate of drug-likeness (QED) is 0.239. The van der Waals surface area contributed by atoms with Crippen LogP contribution >= 0.6 is 0 Å². The number of esters is 1. The monoisotopic (exact) mass is 564 g/mol. The van der Waals surface area contributed by atoms with Gasteiger partial charge in [0.15, 0.2) is 5.78 Å². The van der Waals surface area contributed by atoms with Crippen molar-refractivity contribution < 1.29 is 37.2 Å². The standard InChI is InChI=1S/C30H23F3N2O6/c1-3-41-27(37)25-22-18-13-12-17(35(39)40)14-19(18)26(36)23(22)24(15-8-10-16(11-9-15)30(31,32)33)29(25)20-6-4-5-7-21(20)34(2)28(29)38/h4-14,22-25H,3H2,1-2H3. The molecule has 2 aliphatic carbocycles. The number of ether oxygens (including phenoxy) is 1. The van der Waals surface area contributed by atoms with Gasteiger partial charge in [-0.15, -0.1) is 0 Å². The van der Waals surface area contributed by atoms with Crippen molar-refractivity contribution in [1.82, 2.24) is 0 Å². The third-order valence-electron chi connectivity index (χ3n) is 8.77. The number of Topliss-reactive ketones (excluding diaryl/α,β-unsaturated/α-hetero) is 1. The van der Waals surface area contributed by atoms with E-state index in [4.69, 9.17) is 4.74 Å². The van der Waals surface area contributed by atoms with Crippen molar-refractivity contribution in [2.24, 2.45) is 11.8 Å². The topological polar surface area (TPSA) is 107 Å². The average molecular weight is 565 g/mol. The Morgan fingerprint density at radius 2 is 1.73 bits per heavy atom. The molecule has 0 bridgehead atoms. The fraction of sp³-hybridized carbons (Fsp3) is 0.300. The molecule has 1 heterocycles. The molecule has 5 atom stereocenters. The Bertz CT molecular complexity index is 1640. The third-order valence-corrected chi connectivity index (χ3v) is 8.77. The van der Waals surface area contributed by atoms with Crippen molar-refractivity contribution in [3.63, 3.8) is 0 Å². The van der Waals surface area contributed by atoms with E-state index >= 15 is 0 Å². The van der Waals surface area contributed by atoms with Gasteiger partial charge in [-0.2, -0.15) is 13.2 Å². The molecular weight excluding hydrogens is 541 g/mol. The fourth-order valence-corrected chi connectivity index (χ4v) is 7.34. The number of hydrogen-bond acceptors (Lipinski definition) is 6. The van der Waals surface area contributed by atoms with Gasteiger partial charge in [-0.25, -0.2) is 0 Å². The highest BCUT2D eigenvalue weighted by Gasteiger charge is 2.74. The summed E-state index contributed by atoms with van der Waals surface area (Å²) in [4.78, 5) is 54.8. The first-order chi connectivity index (χ1) is 19.4. The number of hydrogen-bond donors (Lipinski definition) is 0. The van der Waals surface area contributed by atoms with Crippen LogP contribution in [0.25, 0.3) is 0 Å². The number of non-ortho nitro benzene ring substituents is 1. The van der Waals surface area contributed by atoms with E-state index < -0.39 is 63.4 Å². The van der Waals surface area contributed by atoms with Gasteiger partial charge < -0.3 is 9.64 Å². The van der Waals surface area contributed by atoms with Gasteiger partial charge in [0.25, 0.3) is 5.69 Å². The highest BCUT2D eigenvalue weighted by Crippen LogP contribution is 2.70. The van der Waals surface area contributed by atoms with Crippen LogP contribution in [0.4, 0.5) is 24.5 Å². The van der Waals surface area contributed by atoms with Crippen molar-refractivity contribution in [3.8, 4) is 0 Å². The summed E-state index contributed by atoms with van der Waals surface area (Å²) < 4.78 is 45.9. The van der Waals surface area contributed by atoms with E-state index in [-0.39, 0.29) is 23.4 Å². The molecule has 11 heteroatoms. The smallest absolute Gasteiger partial charge is 0.416 e. The fourth-order valence-electron chi connectivity index (χ4n) is 7.34. The Labute approximate surface area is 231 Å². The highest BCUT2D eigenvalue weighted by atomic mass is 19.4. The summed E-state index contributed by atoms with van der Waals surface area (Å²) >= 11 is 0. The van der Waals surface area contributed by atoms with Crippen LogP contribution in [0, 0.1) is 22.0 Å². The number of likely N-dealkylation sites (N-methyl/N-ethyl adjacent to an activating group) is 1. The average Bonchev–Trinajstić information content (AvgIpc) is 3.49. The Hall–Kier alpha value is -4.54. The second-order valence-electron chi connectivity index (χ2n) is 10.5. The number of nitrogens with zero attached hydrogens (tertiary/aromatic N) is 2. The minimum Gasteiger partial charge on any atom is -0.466 e. The predicted octanol–water partition coefficient (Wildman–Crippen LogP) is 5.40. The number of halogens is 3. The molecule has 3 aliphatic rings. The van der Waals surface area contributed by atoms with Crippen LogP contribution in [0.15, 0.2) is 66.7 Å². The highest BCUT2D eigenvalue weighted by molar-refractivity contribution is 6.15. The van der Waals surface area contributed by atoms with Gasteiger partial charge in [0.1, 0.15) is 0 Å². The Balaban J connectivity index is 1.68. The zero-order valence-corrected chi connectivity index (χ0v) is 21.8. The molecule has 3 aromatic rings. The molecule has 210 valence electrons. The second kappa shape index (κ2) is 8.98. The van der Waals surface area contributed by atoms with Gasteiger partial charge in [-0.1, -0.05) is 36.4 Å². The first kappa shape index (κ1) is 26.7. The maximum atomic E-state index is 14.4. The third kappa shape index (κ3) is 3.50. The van der Waals surface area contributed by atoms with Crippen LogP contribution in [0.1, 0.15) is 51.4 Å². The molecule has 5 unspecified atom stereocenters. The number of carbonyl (C=O) groups is 3. The number of fused-ring (bicyclic) bond motifs is 5. The maximum absolute atomic E-state index is 14.4. The van der Waals surface area contributed by atoms with Gasteiger partial charge in [-0.3, -0.25) is 24.5 Å². The van der Waals surface area contributed by atoms with Gasteiger partial charge in [-0.05, 0) is 41.8 Å². The van der Waals surface area contributed by atoms with Crippen molar-refractivity contribution >= 4 is 29.0 Å². The first-order valence-corrected chi connectivity index (χ1v) is 13.0. The normalized spacial score (nSPS) is 26.2. The Kier molecular flexibility index (Phi) is 5.84. The first-order valence-electron chi connectivity index (χ1n) is 13.0. The van der Waals surface area contributed by atoms with Crippen LogP contribution in [0.2, 0.25) is 0 Å². The van der Waals surface area contributed by atoms with E-state index in [2.05, 4.69) is 0 Å². The number of carbonyl (C=O) groups excluding carboxylic acids is 3. The molecule has 1 amide bonds. The van der Waals surface area contributed by atoms with E-state index in [1.54, 1.807) is 38.2 Å². The van der Waals surface area contributed by atoms with E-state index in [0.29, 0.717) is 16.8 Å². The minimum absolute atomic E-state index is 0.0134. The minimum atomic E-state index is -4.61. The molecule has 0 saturated heterocycles. The number of benzene rings is 3. The summed E-state index contributed by atoms with van der Waals surface area (Å²) in [6, 6.07) is 14.9. The van der Waals surface area contributed by atoms with Crippen LogP contribution in [0.5, 0.6) is 0 Å². The largest absolute Gasteiger partial charge is 0.466 e. The number of rotatable bonds is 4. The number of nitro groups is 1. The molecule has 0 radical (unpaired) electrons. The summed E-state index contributed by atoms with van der Waals surface area (Å²) in [6.07, 6.45) is -4.61. The molecule has 1 aliphatic heterocycles. The summed E-state index contributed by atoms with van der Waals surface area (Å²) in [5.74, 6) is -5.99. The lowest BCUT2D eigenvalue weighted by molar-refractivity contribution is -0.384. The zero-order valence-electron chi connectivity index (χ0n) is 21.8. The van der Waals surface area contributed by atoms with E-state index in [1.807, 2.05) is 0 Å². The lowest BCUT2D eigenvalue weighted by Crippen LogP contribution is -2.49. The number of para-hydroxylation sites is 1. The molecule has 1 saturated carbocycles. The molecule has 1 spiro atoms. The number of anilines is 1. The van der Waals surface area contributed by atoms with Crippen LogP contribution in [-0.2, 0) is 25.9 Å². The number of alkyl halides is 3. The van der Waals surface area contributed by atoms with Gasteiger partial charge in [0.2, 0.25) is 5.91 Å². The molecule has 41 heavy (non-hydrogen) atoms. The van der Waals surface area contributed by atoms with Crippen molar-refractivity contribution in [3.05, 3.63) is 105 Å². The molecular formula is C30H23F3N2O6. The van der Waals surface area contributed by atoms with E-state index in [1.165, 1.54) is 29.2 Å². The Morgan fingerprint density at radius 1 is 1.05 bits per heavy atom. The van der Waals surface area contributed by atoms with Crippen molar-refractivity contribution in [2.45, 2.75) is 30.4 Å². The van der Waals surface area contributed by atoms with E-state index in [9.17, 15) is 37.7 Å². The lowest BCUT2D eigenvalue weighted by Gasteiger charge is -2.36. The molecule has 8 nitrogen and oxygen atoms in total. The van der Waals surface area contributed by atoms with Crippen LogP contribution in [0.3, 0.4) is 0 Å². The number of amides is 1. The van der Waals surface area contributed by atoms with Gasteiger partial charge in [0.05, 0.1) is 28.4 Å². The summed E-state index contributed by atoms with van der Waals surface area (Å²) in [5.41, 5.74) is -1.21. The van der Waals surface area contributed by atoms with E-state index in [0.717, 1.165) is 18.2 Å². The Morgan fingerprint density at radius 3 is 2.37 bits per heavy atom.